The number of benzene rings is 2. The summed E-state index contributed by atoms with van der Waals surface area (Å²) in [6.45, 7) is 1.15. The van der Waals surface area contributed by atoms with Crippen molar-refractivity contribution in [2.75, 3.05) is 43.5 Å². The van der Waals surface area contributed by atoms with Crippen LogP contribution >= 0.6 is 0 Å². The fourth-order valence-corrected chi connectivity index (χ4v) is 5.80. The first-order valence-corrected chi connectivity index (χ1v) is 12.6. The number of fused-ring (bicyclic) bond motifs is 2. The summed E-state index contributed by atoms with van der Waals surface area (Å²) in [6, 6.07) is 13.0. The van der Waals surface area contributed by atoms with Crippen LogP contribution in [0.5, 0.6) is 0 Å². The molecule has 0 unspecified atom stereocenters. The molecular weight excluding hydrogens is 485 g/mol. The van der Waals surface area contributed by atoms with Crippen LogP contribution in [-0.2, 0) is 11.3 Å². The molecule has 0 bridgehead atoms. The summed E-state index contributed by atoms with van der Waals surface area (Å²) in [6.07, 6.45) is -2.49. The van der Waals surface area contributed by atoms with Crippen LogP contribution in [0.4, 0.5) is 29.5 Å². The third kappa shape index (κ3) is 4.97. The normalized spacial score (nSPS) is 23.3. The fraction of sp³-hybridized carbons (Fsp3) is 0.462. The fourth-order valence-electron chi connectivity index (χ4n) is 5.80. The molecule has 2 atom stereocenters. The minimum Gasteiger partial charge on any atom is -0.381 e. The molecular formula is C26H29F3N6O2. The number of amides is 2. The number of nitrogens with one attached hydrogen (secondary N) is 3. The van der Waals surface area contributed by atoms with Crippen LogP contribution in [0, 0.1) is 0 Å². The lowest BCUT2D eigenvalue weighted by Crippen LogP contribution is -2.48. The predicted octanol–water partition coefficient (Wildman–Crippen LogP) is 4.53. The van der Waals surface area contributed by atoms with Gasteiger partial charge in [-0.1, -0.05) is 30.3 Å². The molecule has 11 heteroatoms. The standard InChI is InChI=1S/C26H29F3N6O2/c27-26(28,29)15-34-13-20(16-4-2-1-3-5-16)23(14-34)35-12-17-10-19-22(11-21(17)31-25(35)36)32-33-24(19)30-18-6-8-37-9-7-18/h1-5,10-11,18,20,23H,6-9,12-15H2,(H,31,36)(H2,30,32,33)/t20-,23+/m0/s1. The molecule has 3 aliphatic heterocycles. The number of alkyl halides is 3. The zero-order valence-corrected chi connectivity index (χ0v) is 20.2. The Kier molecular flexibility index (Phi) is 6.20. The molecule has 0 radical (unpaired) electrons. The molecule has 2 saturated heterocycles. The number of carbonyl (C=O) groups excluding carboxylic acids is 1. The van der Waals surface area contributed by atoms with Crippen molar-refractivity contribution < 1.29 is 22.7 Å². The van der Waals surface area contributed by atoms with Gasteiger partial charge < -0.3 is 20.3 Å². The lowest BCUT2D eigenvalue weighted by molar-refractivity contribution is -0.143. The Morgan fingerprint density at radius 3 is 2.65 bits per heavy atom. The van der Waals surface area contributed by atoms with E-state index in [-0.39, 0.29) is 31.1 Å². The number of nitrogens with zero attached hydrogens (tertiary/aromatic N) is 3. The first kappa shape index (κ1) is 24.1. The Bertz CT molecular complexity index is 1270. The number of anilines is 2. The van der Waals surface area contributed by atoms with E-state index in [1.54, 1.807) is 4.90 Å². The second-order valence-corrected chi connectivity index (χ2v) is 10.1. The van der Waals surface area contributed by atoms with Crippen LogP contribution < -0.4 is 10.6 Å². The minimum atomic E-state index is -4.30. The number of carbonyl (C=O) groups is 1. The number of aromatic amines is 1. The molecule has 3 aliphatic rings. The Morgan fingerprint density at radius 1 is 1.11 bits per heavy atom. The number of hydrogen-bond acceptors (Lipinski definition) is 5. The van der Waals surface area contributed by atoms with Gasteiger partial charge in [-0.15, -0.1) is 0 Å². The van der Waals surface area contributed by atoms with Gasteiger partial charge in [0.1, 0.15) is 0 Å². The summed E-state index contributed by atoms with van der Waals surface area (Å²) in [5.41, 5.74) is 3.34. The Morgan fingerprint density at radius 2 is 1.89 bits per heavy atom. The molecule has 0 aliphatic carbocycles. The highest BCUT2D eigenvalue weighted by atomic mass is 19.4. The largest absolute Gasteiger partial charge is 0.401 e. The number of likely N-dealkylation sites (tertiary alicyclic amines) is 1. The van der Waals surface area contributed by atoms with E-state index in [4.69, 9.17) is 4.74 Å². The number of aromatic nitrogens is 2. The molecule has 1 aromatic heterocycles. The Balaban J connectivity index is 1.28. The maximum absolute atomic E-state index is 13.2. The molecule has 8 nitrogen and oxygen atoms in total. The van der Waals surface area contributed by atoms with Gasteiger partial charge in [0.05, 0.1) is 18.1 Å². The number of ether oxygens (including phenoxy) is 1. The highest BCUT2D eigenvalue weighted by Crippen LogP contribution is 2.38. The van der Waals surface area contributed by atoms with Crippen molar-refractivity contribution >= 4 is 28.4 Å². The van der Waals surface area contributed by atoms with Crippen molar-refractivity contribution in [3.63, 3.8) is 0 Å². The Hall–Kier alpha value is -3.31. The van der Waals surface area contributed by atoms with Crippen molar-refractivity contribution in [3.8, 4) is 0 Å². The highest BCUT2D eigenvalue weighted by molar-refractivity contribution is 5.99. The van der Waals surface area contributed by atoms with E-state index in [1.165, 1.54) is 4.90 Å². The van der Waals surface area contributed by atoms with Crippen LogP contribution in [0.3, 0.4) is 0 Å². The monoisotopic (exact) mass is 514 g/mol. The Labute approximate surface area is 212 Å². The SMILES string of the molecule is O=C1Nc2cc3[nH]nc(NC4CCOCC4)c3cc2CN1[C@@H]1CN(CC(F)(F)F)C[C@H]1c1ccccc1. The molecule has 4 heterocycles. The topological polar surface area (TPSA) is 85.5 Å². The van der Waals surface area contributed by atoms with E-state index in [1.807, 2.05) is 42.5 Å². The maximum atomic E-state index is 13.2. The summed E-state index contributed by atoms with van der Waals surface area (Å²) in [4.78, 5) is 16.3. The van der Waals surface area contributed by atoms with Crippen molar-refractivity contribution in [2.45, 2.75) is 43.6 Å². The second-order valence-electron chi connectivity index (χ2n) is 10.1. The minimum absolute atomic E-state index is 0.159. The van der Waals surface area contributed by atoms with Gasteiger partial charge in [-0.25, -0.2) is 4.79 Å². The van der Waals surface area contributed by atoms with Crippen LogP contribution in [0.25, 0.3) is 10.9 Å². The molecule has 2 fully saturated rings. The van der Waals surface area contributed by atoms with Crippen LogP contribution in [0.2, 0.25) is 0 Å². The molecule has 0 spiro atoms. The van der Waals surface area contributed by atoms with Crippen LogP contribution in [0.15, 0.2) is 42.5 Å². The van der Waals surface area contributed by atoms with Gasteiger partial charge in [0.2, 0.25) is 0 Å². The number of rotatable bonds is 5. The number of H-pyrrole nitrogens is 1. The van der Waals surface area contributed by atoms with Gasteiger partial charge in [-0.2, -0.15) is 18.3 Å². The molecule has 37 heavy (non-hydrogen) atoms. The summed E-state index contributed by atoms with van der Waals surface area (Å²) < 4.78 is 45.2. The average Bonchev–Trinajstić information content (AvgIpc) is 3.46. The van der Waals surface area contributed by atoms with Crippen molar-refractivity contribution in [1.82, 2.24) is 20.0 Å². The molecule has 2 aromatic carbocycles. The summed E-state index contributed by atoms with van der Waals surface area (Å²) in [7, 11) is 0. The van der Waals surface area contributed by atoms with E-state index in [9.17, 15) is 18.0 Å². The maximum Gasteiger partial charge on any atom is 0.401 e. The smallest absolute Gasteiger partial charge is 0.381 e. The van der Waals surface area contributed by atoms with Gasteiger partial charge in [0.25, 0.3) is 0 Å². The van der Waals surface area contributed by atoms with Crippen LogP contribution in [0.1, 0.15) is 29.9 Å². The number of urea groups is 1. The van der Waals surface area contributed by atoms with Crippen molar-refractivity contribution in [2.24, 2.45) is 0 Å². The average molecular weight is 515 g/mol. The summed E-state index contributed by atoms with van der Waals surface area (Å²) in [5, 5.41) is 14.9. The third-order valence-corrected chi connectivity index (χ3v) is 7.59. The number of hydrogen-bond donors (Lipinski definition) is 3. The molecule has 3 N–H and O–H groups in total. The highest BCUT2D eigenvalue weighted by Gasteiger charge is 2.44. The first-order valence-electron chi connectivity index (χ1n) is 12.6. The molecule has 196 valence electrons. The molecule has 6 rings (SSSR count). The van der Waals surface area contributed by atoms with E-state index in [2.05, 4.69) is 20.8 Å². The quantitative estimate of drug-likeness (QED) is 0.466. The molecule has 3 aromatic rings. The van der Waals surface area contributed by atoms with Gasteiger partial charge in [-0.05, 0) is 36.1 Å². The van der Waals surface area contributed by atoms with Gasteiger partial charge >= 0.3 is 12.2 Å². The van der Waals surface area contributed by atoms with E-state index in [0.717, 1.165) is 40.7 Å². The first-order chi connectivity index (χ1) is 17.8. The van der Waals surface area contributed by atoms with Gasteiger partial charge in [-0.3, -0.25) is 10.00 Å². The lowest BCUT2D eigenvalue weighted by atomic mass is 9.92. The predicted molar refractivity (Wildman–Crippen MR) is 134 cm³/mol. The third-order valence-electron chi connectivity index (χ3n) is 7.59. The zero-order chi connectivity index (χ0) is 25.6. The van der Waals surface area contributed by atoms with E-state index < -0.39 is 18.8 Å². The van der Waals surface area contributed by atoms with Gasteiger partial charge in [0, 0.05) is 55.9 Å². The van der Waals surface area contributed by atoms with Crippen LogP contribution in [-0.4, -0.2) is 77.1 Å². The van der Waals surface area contributed by atoms with Crippen molar-refractivity contribution in [3.05, 3.63) is 53.6 Å². The summed E-state index contributed by atoms with van der Waals surface area (Å²) in [5.74, 6) is 0.534. The van der Waals surface area contributed by atoms with Crippen molar-refractivity contribution in [1.29, 1.82) is 0 Å². The lowest BCUT2D eigenvalue weighted by Gasteiger charge is -2.36. The van der Waals surface area contributed by atoms with E-state index >= 15 is 0 Å². The zero-order valence-electron chi connectivity index (χ0n) is 20.2. The molecule has 0 saturated carbocycles. The number of halogens is 3. The molecule has 2 amide bonds. The van der Waals surface area contributed by atoms with Gasteiger partial charge in [0.15, 0.2) is 5.82 Å². The second kappa shape index (κ2) is 9.53. The van der Waals surface area contributed by atoms with E-state index in [0.29, 0.717) is 25.4 Å². The summed E-state index contributed by atoms with van der Waals surface area (Å²) >= 11 is 0.